The van der Waals surface area contributed by atoms with Crippen LogP contribution in [0.3, 0.4) is 0 Å². The predicted molar refractivity (Wildman–Crippen MR) is 405 cm³/mol. The lowest BCUT2D eigenvalue weighted by molar-refractivity contribution is -0.144. The molecule has 5 heterocycles. The van der Waals surface area contributed by atoms with Crippen LogP contribution in [0.15, 0.2) is 147 Å². The Hall–Kier alpha value is -7.37. The van der Waals surface area contributed by atoms with Gasteiger partial charge in [0.25, 0.3) is 25.8 Å². The molecule has 11 rings (SSSR count). The number of piperazine rings is 1. The van der Waals surface area contributed by atoms with Crippen molar-refractivity contribution in [2.75, 3.05) is 88.0 Å². The van der Waals surface area contributed by atoms with E-state index in [4.69, 9.17) is 11.6 Å². The molecule has 5 amide bonds. The van der Waals surface area contributed by atoms with E-state index in [9.17, 15) is 59.1 Å². The number of thiazole rings is 1. The maximum atomic E-state index is 14.6. The van der Waals surface area contributed by atoms with E-state index >= 15 is 0 Å². The molecule has 1 aliphatic carbocycles. The molecule has 0 saturated carbocycles. The van der Waals surface area contributed by atoms with Crippen molar-refractivity contribution in [3.63, 3.8) is 0 Å². The normalized spacial score (nSPS) is 20.5. The second-order valence-electron chi connectivity index (χ2n) is 30.3. The quantitative estimate of drug-likeness (QED) is 0.0317. The van der Waals surface area contributed by atoms with Crippen LogP contribution in [0.2, 0.25) is 5.02 Å². The first kappa shape index (κ1) is 78.7. The Morgan fingerprint density at radius 1 is 0.800 bits per heavy atom. The van der Waals surface area contributed by atoms with Crippen LogP contribution in [0.5, 0.6) is 0 Å². The van der Waals surface area contributed by atoms with Crippen LogP contribution in [0.25, 0.3) is 16.0 Å². The predicted octanol–water partition coefficient (Wildman–Crippen LogP) is 11.9. The topological polar surface area (TPSA) is 251 Å². The van der Waals surface area contributed by atoms with E-state index < -0.39 is 100 Å². The number of hydrogen-bond donors (Lipinski definition) is 5. The lowest BCUT2D eigenvalue weighted by atomic mass is 9.73. The molecule has 4 fully saturated rings. The van der Waals surface area contributed by atoms with Crippen molar-refractivity contribution in [3.05, 3.63) is 160 Å². The zero-order chi connectivity index (χ0) is 75.3. The third-order valence-electron chi connectivity index (χ3n) is 20.8. The minimum Gasteiger partial charge on any atom is -0.391 e. The number of benzene rings is 5. The number of amides is 5. The van der Waals surface area contributed by atoms with Gasteiger partial charge in [-0.1, -0.05) is 106 Å². The van der Waals surface area contributed by atoms with Crippen molar-refractivity contribution >= 4 is 101 Å². The Bertz CT molecular complexity index is 4370. The van der Waals surface area contributed by atoms with Gasteiger partial charge in [0.05, 0.1) is 38.8 Å². The minimum atomic E-state index is -6.19. The van der Waals surface area contributed by atoms with Gasteiger partial charge in [0, 0.05) is 124 Å². The molecule has 7 atom stereocenters. The number of alkyl halides is 3. The first-order chi connectivity index (χ1) is 49.7. The number of hydrogen-bond acceptors (Lipinski definition) is 17. The first-order valence-electron chi connectivity index (χ1n) is 35.8. The van der Waals surface area contributed by atoms with Crippen LogP contribution in [-0.2, 0) is 39.0 Å². The fraction of sp³-hybridized carbons (Fsp3) is 0.481. The fourth-order valence-corrected chi connectivity index (χ4v) is 18.9. The second kappa shape index (κ2) is 33.0. The molecule has 6 aromatic rings. The molecule has 5 N–H and O–H groups in total. The Balaban J connectivity index is 0.664. The van der Waals surface area contributed by atoms with Gasteiger partial charge in [-0.05, 0) is 158 Å². The van der Waals surface area contributed by atoms with Crippen molar-refractivity contribution in [1.82, 2.24) is 39.9 Å². The lowest BCUT2D eigenvalue weighted by Crippen LogP contribution is -2.57. The molecule has 4 unspecified atom stereocenters. The highest BCUT2D eigenvalue weighted by atomic mass is 35.5. The Morgan fingerprint density at radius 2 is 1.47 bits per heavy atom. The van der Waals surface area contributed by atoms with Crippen LogP contribution < -0.4 is 25.6 Å². The smallest absolute Gasteiger partial charge is 0.391 e. The number of aryl methyl sites for hydroxylation is 1. The van der Waals surface area contributed by atoms with E-state index in [2.05, 4.69) is 61.6 Å². The highest BCUT2D eigenvalue weighted by molar-refractivity contribution is 7.99. The number of nitrogens with one attached hydrogen (secondary N) is 4. The monoisotopic (exact) mass is 1540 g/mol. The van der Waals surface area contributed by atoms with Crippen molar-refractivity contribution in [3.8, 4) is 10.4 Å². The largest absolute Gasteiger partial charge is 0.501 e. The van der Waals surface area contributed by atoms with Gasteiger partial charge in [0.2, 0.25) is 23.6 Å². The van der Waals surface area contributed by atoms with Crippen LogP contribution in [0, 0.1) is 29.6 Å². The molecular formula is C77H94ClF3N10O10S4. The summed E-state index contributed by atoms with van der Waals surface area (Å²) in [6, 6.07) is 30.7. The summed E-state index contributed by atoms with van der Waals surface area (Å²) in [6.07, 6.45) is 2.73. The SMILES string of the molecule is Cc1ncsc1-c1ccc([C@H](C)NC(=O)C2CC(O)CN2C(=O)[C@@H](NC(=O)CCCC(=O)N2CC3CN(CC[C@H](CSc4ccccc4)Nc4ccc(S(=O)(=O)NC(=O)c5ccc(N6CCN(CC7=C(c8ccc(Cl)cc8)CCC(C)(C)C7)CC6)cc5)cc4S(=O)(=O)C(F)(F)F)CC3C2)C(C)(C)C)cc1. The third kappa shape index (κ3) is 19.5. The summed E-state index contributed by atoms with van der Waals surface area (Å²) in [5.74, 6) is -2.07. The summed E-state index contributed by atoms with van der Waals surface area (Å²) in [7, 11) is -11.1. The molecule has 0 radical (unpaired) electrons. The average molecular weight is 1540 g/mol. The summed E-state index contributed by atoms with van der Waals surface area (Å²) in [4.78, 5) is 83.2. The number of thioether (sulfide) groups is 1. The summed E-state index contributed by atoms with van der Waals surface area (Å²) < 4.78 is 101. The van der Waals surface area contributed by atoms with Crippen molar-refractivity contribution in [2.24, 2.45) is 22.7 Å². The van der Waals surface area contributed by atoms with Crippen molar-refractivity contribution in [2.45, 2.75) is 150 Å². The van der Waals surface area contributed by atoms with Crippen LogP contribution in [-0.4, -0.2) is 184 Å². The molecule has 564 valence electrons. The van der Waals surface area contributed by atoms with Crippen LogP contribution in [0.4, 0.5) is 24.5 Å². The number of allylic oxidation sites excluding steroid dienone is 1. The van der Waals surface area contributed by atoms with E-state index in [-0.39, 0.29) is 66.7 Å². The van der Waals surface area contributed by atoms with Crippen molar-refractivity contribution < 1.29 is 59.1 Å². The molecule has 105 heavy (non-hydrogen) atoms. The van der Waals surface area contributed by atoms with E-state index in [0.29, 0.717) is 63.3 Å². The van der Waals surface area contributed by atoms with Gasteiger partial charge < -0.3 is 40.7 Å². The molecule has 5 aliphatic rings. The number of carbonyl (C=O) groups excluding carboxylic acids is 5. The number of carbonyl (C=O) groups is 5. The third-order valence-corrected chi connectivity index (χ3v) is 26.1. The zero-order valence-electron chi connectivity index (χ0n) is 60.3. The zero-order valence-corrected chi connectivity index (χ0v) is 64.3. The molecule has 1 aromatic heterocycles. The highest BCUT2D eigenvalue weighted by Crippen LogP contribution is 2.44. The maximum Gasteiger partial charge on any atom is 0.501 e. The maximum absolute atomic E-state index is 14.6. The number of rotatable bonds is 26. The van der Waals surface area contributed by atoms with Gasteiger partial charge in [0.1, 0.15) is 17.0 Å². The average Bonchev–Trinajstić information content (AvgIpc) is 1.51. The number of aliphatic hydroxyl groups excluding tert-OH is 1. The van der Waals surface area contributed by atoms with E-state index in [0.717, 1.165) is 83.3 Å². The Morgan fingerprint density at radius 3 is 2.10 bits per heavy atom. The molecule has 20 nitrogen and oxygen atoms in total. The number of anilines is 2. The summed E-state index contributed by atoms with van der Waals surface area (Å²) in [6.45, 7) is 20.2. The number of fused-ring (bicyclic) bond motifs is 1. The van der Waals surface area contributed by atoms with Crippen LogP contribution in [0.1, 0.15) is 126 Å². The summed E-state index contributed by atoms with van der Waals surface area (Å²) in [5.41, 5.74) is 2.46. The summed E-state index contributed by atoms with van der Waals surface area (Å²) in [5, 5.41) is 20.4. The number of halogens is 4. The first-order valence-corrected chi connectivity index (χ1v) is 41.0. The molecule has 28 heteroatoms. The number of aliphatic hydroxyl groups is 1. The second-order valence-corrected chi connectivity index (χ2v) is 36.3. The Kier molecular flexibility index (Phi) is 24.7. The van der Waals surface area contributed by atoms with E-state index in [1.165, 1.54) is 45.5 Å². The van der Waals surface area contributed by atoms with Gasteiger partial charge >= 0.3 is 5.51 Å². The molecule has 0 bridgehead atoms. The van der Waals surface area contributed by atoms with E-state index in [1.54, 1.807) is 54.7 Å². The number of nitrogens with zero attached hydrogens (tertiary/aromatic N) is 6. The number of sulfonamides is 1. The van der Waals surface area contributed by atoms with Gasteiger partial charge in [-0.15, -0.1) is 23.1 Å². The van der Waals surface area contributed by atoms with Gasteiger partial charge in [-0.3, -0.25) is 28.9 Å². The van der Waals surface area contributed by atoms with Gasteiger partial charge in [-0.2, -0.15) is 13.2 Å². The molecule has 4 saturated heterocycles. The minimum absolute atomic E-state index is 0.0306. The van der Waals surface area contributed by atoms with Crippen molar-refractivity contribution in [1.29, 1.82) is 0 Å². The lowest BCUT2D eigenvalue weighted by Gasteiger charge is -2.39. The Labute approximate surface area is 627 Å². The molecule has 4 aliphatic heterocycles. The number of aromatic nitrogens is 1. The number of likely N-dealkylation sites (tertiary alicyclic amines) is 3. The number of sulfone groups is 1. The number of β-amino-alcohol motifs (C(OH)–C–C–N with tert-alkyl or cyclic N) is 1. The standard InChI is InChI=1S/C77H94ClF3N10O10S4/c1-49(51-16-18-53(19-17-51)70-50(2)82-48-103-70)83-73(96)66-38-61(92)46-91(66)74(97)71(75(3,4)5)85-68(93)14-11-15-69(94)90-44-56-42-88(43-57(56)45-90)33-31-59(47-102-62-12-9-8-10-13-62)84-65-29-28-63(39-67(65)104(98,99)77(79,80)81)105(100,101)86-72(95)54-22-26-60(27-23-54)89-36-34-87(35-37-89)41-55-40-76(6,7)32-30-64(55)52-20-24-58(78)25-21-52/h8-10,12-13,16-29,39,48-49,56-57,59,61,66,71,84,92H,11,14-15,30-38,40-47H2,1-7H3,(H,83,96)(H,85,93)(H,86,95)/t49-,56?,57?,59+,61?,66?,71+/m0/s1. The summed E-state index contributed by atoms with van der Waals surface area (Å²) >= 11 is 9.18. The van der Waals surface area contributed by atoms with Gasteiger partial charge in [-0.25, -0.2) is 26.5 Å². The molecule has 0 spiro atoms. The van der Waals surface area contributed by atoms with Gasteiger partial charge in [0.15, 0.2) is 0 Å². The fourth-order valence-electron chi connectivity index (χ4n) is 14.9. The van der Waals surface area contributed by atoms with E-state index in [1.807, 2.05) is 85.3 Å². The highest BCUT2D eigenvalue weighted by Gasteiger charge is 2.50. The molecular weight excluding hydrogens is 1450 g/mol. The van der Waals surface area contributed by atoms with Crippen LogP contribution >= 0.6 is 34.7 Å². The molecule has 5 aromatic carbocycles.